The number of carbonyl (C=O) groups is 1. The van der Waals surface area contributed by atoms with Gasteiger partial charge in [-0.15, -0.1) is 0 Å². The number of hydrogen-bond donors (Lipinski definition) is 0. The van der Waals surface area contributed by atoms with E-state index < -0.39 is 0 Å². The summed E-state index contributed by atoms with van der Waals surface area (Å²) >= 11 is 1.52. The van der Waals surface area contributed by atoms with Crippen LogP contribution >= 0.6 is 11.3 Å². The Balaban J connectivity index is 2.05. The van der Waals surface area contributed by atoms with E-state index in [2.05, 4.69) is 16.9 Å². The molecule has 0 aromatic carbocycles. The van der Waals surface area contributed by atoms with Crippen LogP contribution in [0.1, 0.15) is 48.0 Å². The molecule has 0 aliphatic heterocycles. The van der Waals surface area contributed by atoms with Crippen molar-refractivity contribution in [1.29, 1.82) is 0 Å². The molecule has 17 heavy (non-hydrogen) atoms. The third-order valence-corrected chi connectivity index (χ3v) is 4.81. The predicted molar refractivity (Wildman–Crippen MR) is 72.1 cm³/mol. The zero-order chi connectivity index (χ0) is 12.4. The second-order valence-electron chi connectivity index (χ2n) is 5.00. The average Bonchev–Trinajstić information content (AvgIpc) is 2.86. The summed E-state index contributed by atoms with van der Waals surface area (Å²) in [4.78, 5) is 18.9. The van der Waals surface area contributed by atoms with Gasteiger partial charge >= 0.3 is 0 Å². The van der Waals surface area contributed by atoms with Crippen LogP contribution in [-0.2, 0) is 0 Å². The zero-order valence-corrected chi connectivity index (χ0v) is 11.6. The fourth-order valence-corrected chi connectivity index (χ4v) is 3.46. The van der Waals surface area contributed by atoms with Gasteiger partial charge in [-0.3, -0.25) is 4.79 Å². The molecule has 0 saturated heterocycles. The molecule has 0 unspecified atom stereocenters. The number of anilines is 1. The normalized spacial score (nSPS) is 16.4. The first-order valence-electron chi connectivity index (χ1n) is 6.27. The molecule has 0 N–H and O–H groups in total. The van der Waals surface area contributed by atoms with E-state index in [0.29, 0.717) is 0 Å². The lowest BCUT2D eigenvalue weighted by Crippen LogP contribution is -2.23. The molecule has 1 heterocycles. The number of rotatable bonds is 4. The van der Waals surface area contributed by atoms with Crippen molar-refractivity contribution in [3.05, 3.63) is 10.6 Å². The Hall–Kier alpha value is -0.900. The molecule has 1 fully saturated rings. The molecule has 2 rings (SSSR count). The topological polar surface area (TPSA) is 33.2 Å². The quantitative estimate of drug-likeness (QED) is 0.771. The van der Waals surface area contributed by atoms with E-state index in [1.807, 2.05) is 6.92 Å². The van der Waals surface area contributed by atoms with Crippen LogP contribution in [0.2, 0.25) is 0 Å². The van der Waals surface area contributed by atoms with E-state index in [1.165, 1.54) is 37.0 Å². The number of aryl methyl sites for hydroxylation is 1. The third kappa shape index (κ3) is 2.86. The Bertz CT molecular complexity index is 408. The van der Waals surface area contributed by atoms with Crippen LogP contribution in [0.5, 0.6) is 0 Å². The van der Waals surface area contributed by atoms with Crippen molar-refractivity contribution < 1.29 is 4.79 Å². The summed E-state index contributed by atoms with van der Waals surface area (Å²) in [6.45, 7) is 4.60. The van der Waals surface area contributed by atoms with Crippen LogP contribution in [0.15, 0.2) is 0 Å². The summed E-state index contributed by atoms with van der Waals surface area (Å²) in [5.74, 6) is 0.936. The smallest absolute Gasteiger partial charge is 0.185 e. The maximum atomic E-state index is 11.4. The van der Waals surface area contributed by atoms with Gasteiger partial charge in [-0.25, -0.2) is 4.98 Å². The molecule has 0 atom stereocenters. The van der Waals surface area contributed by atoms with Gasteiger partial charge in [0.25, 0.3) is 0 Å². The van der Waals surface area contributed by atoms with Crippen LogP contribution in [0.4, 0.5) is 5.13 Å². The van der Waals surface area contributed by atoms with E-state index in [4.69, 9.17) is 0 Å². The van der Waals surface area contributed by atoms with Crippen molar-refractivity contribution in [2.75, 3.05) is 18.5 Å². The van der Waals surface area contributed by atoms with Gasteiger partial charge in [-0.05, 0) is 25.7 Å². The predicted octanol–water partition coefficient (Wildman–Crippen LogP) is 3.28. The molecule has 0 radical (unpaired) electrons. The van der Waals surface area contributed by atoms with Gasteiger partial charge in [-0.2, -0.15) is 0 Å². The Kier molecular flexibility index (Phi) is 3.82. The molecule has 4 heteroatoms. The van der Waals surface area contributed by atoms with Gasteiger partial charge in [0, 0.05) is 20.5 Å². The first-order chi connectivity index (χ1) is 8.08. The van der Waals surface area contributed by atoms with E-state index in [-0.39, 0.29) is 5.78 Å². The number of carbonyl (C=O) groups excluding carboxylic acids is 1. The number of hydrogen-bond acceptors (Lipinski definition) is 4. The van der Waals surface area contributed by atoms with E-state index >= 15 is 0 Å². The van der Waals surface area contributed by atoms with E-state index in [9.17, 15) is 4.79 Å². The average molecular weight is 252 g/mol. The van der Waals surface area contributed by atoms with Crippen LogP contribution in [0, 0.1) is 12.8 Å². The third-order valence-electron chi connectivity index (χ3n) is 3.44. The highest BCUT2D eigenvalue weighted by Gasteiger charge is 2.20. The highest BCUT2D eigenvalue weighted by Crippen LogP contribution is 2.30. The lowest BCUT2D eigenvalue weighted by molar-refractivity contribution is 0.102. The molecule has 0 amide bonds. The van der Waals surface area contributed by atoms with Gasteiger partial charge < -0.3 is 4.90 Å². The molecule has 1 aromatic rings. The Labute approximate surface area is 107 Å². The van der Waals surface area contributed by atoms with Crippen LogP contribution in [-0.4, -0.2) is 24.4 Å². The highest BCUT2D eigenvalue weighted by atomic mass is 32.1. The molecular weight excluding hydrogens is 232 g/mol. The van der Waals surface area contributed by atoms with Gasteiger partial charge in [0.15, 0.2) is 10.9 Å². The first-order valence-corrected chi connectivity index (χ1v) is 7.09. The van der Waals surface area contributed by atoms with Crippen molar-refractivity contribution in [3.63, 3.8) is 0 Å². The number of thiazole rings is 1. The van der Waals surface area contributed by atoms with Gasteiger partial charge in [-0.1, -0.05) is 24.2 Å². The maximum Gasteiger partial charge on any atom is 0.185 e. The summed E-state index contributed by atoms with van der Waals surface area (Å²) in [7, 11) is 2.08. The van der Waals surface area contributed by atoms with Gasteiger partial charge in [0.1, 0.15) is 0 Å². The fourth-order valence-electron chi connectivity index (χ4n) is 2.53. The van der Waals surface area contributed by atoms with E-state index in [1.54, 1.807) is 6.92 Å². The number of nitrogens with zero attached hydrogens (tertiary/aromatic N) is 2. The molecule has 1 saturated carbocycles. The first kappa shape index (κ1) is 12.6. The Morgan fingerprint density at radius 2 is 2.12 bits per heavy atom. The minimum atomic E-state index is 0.125. The summed E-state index contributed by atoms with van der Waals surface area (Å²) in [5.41, 5.74) is 0.871. The molecule has 3 nitrogen and oxygen atoms in total. The standard InChI is InChI=1S/C13H20N2OS/c1-9-12(10(2)16)17-13(14-9)15(3)8-11-6-4-5-7-11/h11H,4-8H2,1-3H3. The van der Waals surface area contributed by atoms with Gasteiger partial charge in [0.05, 0.1) is 10.6 Å². The summed E-state index contributed by atoms with van der Waals surface area (Å²) in [5, 5.41) is 0.986. The summed E-state index contributed by atoms with van der Waals surface area (Å²) < 4.78 is 0. The van der Waals surface area contributed by atoms with Crippen molar-refractivity contribution >= 4 is 22.3 Å². The van der Waals surface area contributed by atoms with Crippen molar-refractivity contribution in [1.82, 2.24) is 4.98 Å². The van der Waals surface area contributed by atoms with Crippen LogP contribution in [0.25, 0.3) is 0 Å². The highest BCUT2D eigenvalue weighted by molar-refractivity contribution is 7.17. The zero-order valence-electron chi connectivity index (χ0n) is 10.8. The van der Waals surface area contributed by atoms with Crippen LogP contribution in [0.3, 0.4) is 0 Å². The minimum absolute atomic E-state index is 0.125. The number of aromatic nitrogens is 1. The lowest BCUT2D eigenvalue weighted by atomic mass is 10.1. The Morgan fingerprint density at radius 3 is 2.65 bits per heavy atom. The second kappa shape index (κ2) is 5.17. The molecular formula is C13H20N2OS. The Morgan fingerprint density at radius 1 is 1.47 bits per heavy atom. The van der Waals surface area contributed by atoms with Crippen molar-refractivity contribution in [2.24, 2.45) is 5.92 Å². The SMILES string of the molecule is CC(=O)c1sc(N(C)CC2CCCC2)nc1C. The fraction of sp³-hybridized carbons (Fsp3) is 0.692. The lowest BCUT2D eigenvalue weighted by Gasteiger charge is -2.19. The second-order valence-corrected chi connectivity index (χ2v) is 5.98. The molecule has 1 aliphatic carbocycles. The number of ketones is 1. The number of Topliss-reactive ketones (excluding diaryl/α,β-unsaturated/α-hetero) is 1. The molecule has 0 bridgehead atoms. The van der Waals surface area contributed by atoms with Crippen molar-refractivity contribution in [3.8, 4) is 0 Å². The summed E-state index contributed by atoms with van der Waals surface area (Å²) in [6.07, 6.45) is 5.42. The van der Waals surface area contributed by atoms with Gasteiger partial charge in [0.2, 0.25) is 0 Å². The molecule has 94 valence electrons. The maximum absolute atomic E-state index is 11.4. The summed E-state index contributed by atoms with van der Waals surface area (Å²) in [6, 6.07) is 0. The van der Waals surface area contributed by atoms with E-state index in [0.717, 1.165) is 28.2 Å². The van der Waals surface area contributed by atoms with Crippen molar-refractivity contribution in [2.45, 2.75) is 39.5 Å². The monoisotopic (exact) mass is 252 g/mol. The minimum Gasteiger partial charge on any atom is -0.351 e. The largest absolute Gasteiger partial charge is 0.351 e. The molecule has 1 aromatic heterocycles. The molecule has 1 aliphatic rings. The van der Waals surface area contributed by atoms with Crippen LogP contribution < -0.4 is 4.90 Å². The molecule has 0 spiro atoms.